The average Bonchev–Trinajstić information content (AvgIpc) is 3.13. The standard InChI is InChI=1S/C16H15N3O2S/c1-8-9(2)19-5-3-11-13(16(19)17-8)18-12(15(21)14(11)20)10-4-6-22-7-10/h3-7,12,15,18,21H,1-2H3. The number of fused-ring (bicyclic) bond motifs is 3. The molecule has 4 rings (SSSR count). The van der Waals surface area contributed by atoms with Gasteiger partial charge in [-0.25, -0.2) is 4.98 Å². The number of aryl methyl sites for hydroxylation is 2. The van der Waals surface area contributed by atoms with Crippen LogP contribution in [0.1, 0.15) is 33.4 Å². The first-order valence-electron chi connectivity index (χ1n) is 7.07. The zero-order chi connectivity index (χ0) is 15.4. The normalized spacial score (nSPS) is 21.0. The highest BCUT2D eigenvalue weighted by Gasteiger charge is 2.36. The number of imidazole rings is 1. The third-order valence-electron chi connectivity index (χ3n) is 4.32. The Morgan fingerprint density at radius 1 is 1.36 bits per heavy atom. The van der Waals surface area contributed by atoms with Crippen LogP contribution in [0.3, 0.4) is 0 Å². The molecule has 112 valence electrons. The Hall–Kier alpha value is -2.18. The number of Topliss-reactive ketones (excluding diaryl/α,β-unsaturated/α-hetero) is 1. The molecule has 0 saturated carbocycles. The summed E-state index contributed by atoms with van der Waals surface area (Å²) in [6, 6.07) is 3.24. The van der Waals surface area contributed by atoms with E-state index >= 15 is 0 Å². The van der Waals surface area contributed by atoms with E-state index < -0.39 is 12.1 Å². The molecule has 0 aromatic carbocycles. The highest BCUT2D eigenvalue weighted by atomic mass is 32.1. The van der Waals surface area contributed by atoms with Crippen molar-refractivity contribution in [2.24, 2.45) is 0 Å². The minimum Gasteiger partial charge on any atom is -0.382 e. The van der Waals surface area contributed by atoms with E-state index in [1.54, 1.807) is 17.4 Å². The third kappa shape index (κ3) is 1.74. The molecule has 2 atom stereocenters. The second-order valence-electron chi connectivity index (χ2n) is 5.57. The molecule has 0 bridgehead atoms. The predicted molar refractivity (Wildman–Crippen MR) is 85.7 cm³/mol. The Morgan fingerprint density at radius 3 is 2.91 bits per heavy atom. The van der Waals surface area contributed by atoms with Crippen LogP contribution < -0.4 is 5.32 Å². The molecule has 0 amide bonds. The summed E-state index contributed by atoms with van der Waals surface area (Å²) < 4.78 is 1.97. The first-order valence-corrected chi connectivity index (χ1v) is 8.01. The van der Waals surface area contributed by atoms with E-state index in [0.717, 1.165) is 22.6 Å². The van der Waals surface area contributed by atoms with Crippen molar-refractivity contribution in [1.82, 2.24) is 9.38 Å². The number of ketones is 1. The Morgan fingerprint density at radius 2 is 2.18 bits per heavy atom. The molecule has 6 heteroatoms. The van der Waals surface area contributed by atoms with Crippen LogP contribution in [0.15, 0.2) is 29.1 Å². The minimum absolute atomic E-state index is 0.259. The monoisotopic (exact) mass is 313 g/mol. The van der Waals surface area contributed by atoms with Gasteiger partial charge in [0.1, 0.15) is 6.10 Å². The Kier molecular flexibility index (Phi) is 2.85. The summed E-state index contributed by atoms with van der Waals surface area (Å²) in [7, 11) is 0. The second kappa shape index (κ2) is 4.66. The van der Waals surface area contributed by atoms with Crippen LogP contribution in [0.4, 0.5) is 5.69 Å². The lowest BCUT2D eigenvalue weighted by atomic mass is 9.91. The molecule has 1 aliphatic heterocycles. The molecule has 0 aliphatic carbocycles. The lowest BCUT2D eigenvalue weighted by Gasteiger charge is -2.30. The van der Waals surface area contributed by atoms with Crippen LogP contribution in [-0.4, -0.2) is 26.4 Å². The Labute approximate surface area is 131 Å². The number of rotatable bonds is 1. The number of anilines is 1. The van der Waals surface area contributed by atoms with Gasteiger partial charge in [0.2, 0.25) is 0 Å². The number of aliphatic hydroxyl groups excluding tert-OH is 1. The number of aliphatic hydroxyl groups is 1. The largest absolute Gasteiger partial charge is 0.382 e. The molecule has 0 radical (unpaired) electrons. The molecular weight excluding hydrogens is 298 g/mol. The van der Waals surface area contributed by atoms with Gasteiger partial charge in [0.05, 0.1) is 17.4 Å². The number of pyridine rings is 1. The van der Waals surface area contributed by atoms with Crippen molar-refractivity contribution >= 4 is 28.5 Å². The molecule has 4 heterocycles. The zero-order valence-electron chi connectivity index (χ0n) is 12.2. The van der Waals surface area contributed by atoms with E-state index in [1.165, 1.54) is 0 Å². The van der Waals surface area contributed by atoms with E-state index in [-0.39, 0.29) is 5.78 Å². The van der Waals surface area contributed by atoms with Crippen LogP contribution in [0.25, 0.3) is 5.65 Å². The van der Waals surface area contributed by atoms with Crippen molar-refractivity contribution in [3.8, 4) is 0 Å². The van der Waals surface area contributed by atoms with Gasteiger partial charge in [-0.05, 0) is 42.3 Å². The van der Waals surface area contributed by atoms with Crippen molar-refractivity contribution in [2.75, 3.05) is 5.32 Å². The van der Waals surface area contributed by atoms with E-state index in [2.05, 4.69) is 10.3 Å². The predicted octanol–water partition coefficient (Wildman–Crippen LogP) is 2.72. The molecule has 2 unspecified atom stereocenters. The molecule has 0 saturated heterocycles. The molecular formula is C16H15N3O2S. The van der Waals surface area contributed by atoms with Crippen LogP contribution >= 0.6 is 11.3 Å². The van der Waals surface area contributed by atoms with Crippen LogP contribution in [-0.2, 0) is 0 Å². The number of hydrogen-bond acceptors (Lipinski definition) is 5. The fourth-order valence-electron chi connectivity index (χ4n) is 2.95. The highest BCUT2D eigenvalue weighted by molar-refractivity contribution is 7.08. The maximum absolute atomic E-state index is 12.5. The maximum atomic E-state index is 12.5. The maximum Gasteiger partial charge on any atom is 0.196 e. The lowest BCUT2D eigenvalue weighted by molar-refractivity contribution is 0.0695. The van der Waals surface area contributed by atoms with Gasteiger partial charge in [0.15, 0.2) is 11.4 Å². The SMILES string of the molecule is Cc1nc2c3c(ccn2c1C)C(=O)C(O)C(c1ccsc1)N3. The molecule has 3 aromatic rings. The van der Waals surface area contributed by atoms with Gasteiger partial charge in [-0.15, -0.1) is 0 Å². The number of carbonyl (C=O) groups is 1. The smallest absolute Gasteiger partial charge is 0.196 e. The number of carbonyl (C=O) groups excluding carboxylic acids is 1. The van der Waals surface area contributed by atoms with Crippen molar-refractivity contribution in [2.45, 2.75) is 26.0 Å². The molecule has 3 aromatic heterocycles. The van der Waals surface area contributed by atoms with Gasteiger partial charge in [0, 0.05) is 17.5 Å². The fourth-order valence-corrected chi connectivity index (χ4v) is 3.65. The molecule has 0 spiro atoms. The Balaban J connectivity index is 1.94. The number of thiophene rings is 1. The first-order chi connectivity index (χ1) is 10.6. The fraction of sp³-hybridized carbons (Fsp3) is 0.250. The van der Waals surface area contributed by atoms with Gasteiger partial charge in [0.25, 0.3) is 0 Å². The topological polar surface area (TPSA) is 66.6 Å². The minimum atomic E-state index is -1.08. The molecule has 0 fully saturated rings. The van der Waals surface area contributed by atoms with Crippen molar-refractivity contribution in [1.29, 1.82) is 0 Å². The summed E-state index contributed by atoms with van der Waals surface area (Å²) in [5.74, 6) is -0.259. The summed E-state index contributed by atoms with van der Waals surface area (Å²) in [4.78, 5) is 17.1. The summed E-state index contributed by atoms with van der Waals surface area (Å²) in [6.45, 7) is 3.95. The molecule has 1 aliphatic rings. The van der Waals surface area contributed by atoms with Crippen LogP contribution in [0.2, 0.25) is 0 Å². The van der Waals surface area contributed by atoms with E-state index in [1.807, 2.05) is 41.3 Å². The summed E-state index contributed by atoms with van der Waals surface area (Å²) >= 11 is 1.54. The molecule has 22 heavy (non-hydrogen) atoms. The van der Waals surface area contributed by atoms with E-state index in [0.29, 0.717) is 11.3 Å². The lowest BCUT2D eigenvalue weighted by Crippen LogP contribution is -2.37. The van der Waals surface area contributed by atoms with Gasteiger partial charge in [-0.1, -0.05) is 0 Å². The van der Waals surface area contributed by atoms with Gasteiger partial charge < -0.3 is 14.8 Å². The molecule has 5 nitrogen and oxygen atoms in total. The molecule has 2 N–H and O–H groups in total. The van der Waals surface area contributed by atoms with Gasteiger partial charge in [-0.2, -0.15) is 11.3 Å². The van der Waals surface area contributed by atoms with Crippen molar-refractivity contribution in [3.05, 3.63) is 51.6 Å². The third-order valence-corrected chi connectivity index (χ3v) is 5.02. The highest BCUT2D eigenvalue weighted by Crippen LogP contribution is 2.36. The number of nitrogens with one attached hydrogen (secondary N) is 1. The van der Waals surface area contributed by atoms with Gasteiger partial charge in [-0.3, -0.25) is 4.79 Å². The van der Waals surface area contributed by atoms with Crippen molar-refractivity contribution < 1.29 is 9.90 Å². The second-order valence-corrected chi connectivity index (χ2v) is 6.35. The van der Waals surface area contributed by atoms with E-state index in [4.69, 9.17) is 0 Å². The number of aromatic nitrogens is 2. The number of hydrogen-bond donors (Lipinski definition) is 2. The van der Waals surface area contributed by atoms with Crippen molar-refractivity contribution in [3.63, 3.8) is 0 Å². The van der Waals surface area contributed by atoms with Crippen LogP contribution in [0.5, 0.6) is 0 Å². The summed E-state index contributed by atoms with van der Waals surface area (Å²) in [5.41, 5.74) is 4.82. The quantitative estimate of drug-likeness (QED) is 0.725. The summed E-state index contributed by atoms with van der Waals surface area (Å²) in [6.07, 6.45) is 0.752. The van der Waals surface area contributed by atoms with Crippen LogP contribution in [0, 0.1) is 13.8 Å². The summed E-state index contributed by atoms with van der Waals surface area (Å²) in [5, 5.41) is 17.6. The average molecular weight is 313 g/mol. The zero-order valence-corrected chi connectivity index (χ0v) is 13.0. The number of nitrogens with zero attached hydrogens (tertiary/aromatic N) is 2. The Bertz CT molecular complexity index is 883. The van der Waals surface area contributed by atoms with Gasteiger partial charge >= 0.3 is 0 Å². The van der Waals surface area contributed by atoms with E-state index in [9.17, 15) is 9.90 Å². The first kappa shape index (κ1) is 13.5.